The summed E-state index contributed by atoms with van der Waals surface area (Å²) in [6.45, 7) is 3.15. The van der Waals surface area contributed by atoms with E-state index in [4.69, 9.17) is 19.7 Å². The van der Waals surface area contributed by atoms with Gasteiger partial charge in [-0.3, -0.25) is 13.1 Å². The highest BCUT2D eigenvalue weighted by Gasteiger charge is 2.10. The van der Waals surface area contributed by atoms with Crippen LogP contribution in [-0.4, -0.2) is 64.1 Å². The van der Waals surface area contributed by atoms with Crippen LogP contribution in [-0.2, 0) is 14.3 Å². The normalized spacial score (nSPS) is 10.8. The lowest BCUT2D eigenvalue weighted by Gasteiger charge is -2.14. The Labute approximate surface area is 194 Å². The molecule has 11 nitrogen and oxygen atoms in total. The quantitative estimate of drug-likeness (QED) is 0.0581. The second-order valence-corrected chi connectivity index (χ2v) is 6.53. The second-order valence-electron chi connectivity index (χ2n) is 5.76. The smallest absolute Gasteiger partial charge is 0.251 e. The van der Waals surface area contributed by atoms with Crippen molar-refractivity contribution < 1.29 is 23.8 Å². The van der Waals surface area contributed by atoms with Gasteiger partial charge in [0.05, 0.1) is 19.8 Å². The van der Waals surface area contributed by atoms with Crippen LogP contribution in [0, 0.1) is 11.8 Å². The molecule has 1 unspecified atom stereocenters. The molecule has 0 aliphatic carbocycles. The van der Waals surface area contributed by atoms with E-state index in [0.717, 1.165) is 0 Å². The average Bonchev–Trinajstić information content (AvgIpc) is 2.77. The van der Waals surface area contributed by atoms with Gasteiger partial charge in [-0.1, -0.05) is 17.1 Å². The molecule has 1 rings (SSSR count). The number of azide groups is 1. The molecule has 0 saturated heterocycles. The van der Waals surface area contributed by atoms with Crippen LogP contribution >= 0.6 is 22.9 Å². The van der Waals surface area contributed by atoms with Crippen molar-refractivity contribution in [2.45, 2.75) is 13.2 Å². The Morgan fingerprint density at radius 1 is 1.29 bits per heavy atom. The molecule has 0 spiro atoms. The van der Waals surface area contributed by atoms with Crippen LogP contribution in [0.3, 0.4) is 0 Å². The summed E-state index contributed by atoms with van der Waals surface area (Å²) < 4.78 is 19.1. The van der Waals surface area contributed by atoms with Crippen molar-refractivity contribution in [3.63, 3.8) is 0 Å². The van der Waals surface area contributed by atoms with E-state index >= 15 is 0 Å². The number of hydrogen-bond donors (Lipinski definition) is 3. The molecule has 0 aromatic heterocycles. The summed E-state index contributed by atoms with van der Waals surface area (Å²) in [5.74, 6) is 5.31. The van der Waals surface area contributed by atoms with Crippen LogP contribution in [0.15, 0.2) is 29.4 Å². The van der Waals surface area contributed by atoms with E-state index in [-0.39, 0.29) is 44.8 Å². The van der Waals surface area contributed by atoms with Gasteiger partial charge in [0.15, 0.2) is 6.23 Å². The number of carbonyl (C=O) groups is 2. The third-order valence-corrected chi connectivity index (χ3v) is 4.04. The Balaban J connectivity index is 2.39. The van der Waals surface area contributed by atoms with E-state index in [1.54, 1.807) is 31.2 Å². The first kappa shape index (κ1) is 26.5. The van der Waals surface area contributed by atoms with E-state index < -0.39 is 6.23 Å². The lowest BCUT2D eigenvalue weighted by atomic mass is 10.2. The molecule has 168 valence electrons. The highest BCUT2D eigenvalue weighted by Crippen LogP contribution is 2.14. The summed E-state index contributed by atoms with van der Waals surface area (Å²) in [5, 5.41) is 8.87. The highest BCUT2D eigenvalue weighted by atomic mass is 127. The summed E-state index contributed by atoms with van der Waals surface area (Å²) in [6.07, 6.45) is -0.894. The van der Waals surface area contributed by atoms with E-state index in [1.165, 1.54) is 0 Å². The lowest BCUT2D eigenvalue weighted by Crippen LogP contribution is -2.29. The zero-order valence-electron chi connectivity index (χ0n) is 17.1. The van der Waals surface area contributed by atoms with Crippen molar-refractivity contribution >= 4 is 34.7 Å². The topological polar surface area (TPSA) is 147 Å². The van der Waals surface area contributed by atoms with Gasteiger partial charge in [0.1, 0.15) is 19.0 Å². The number of nitrogens with one attached hydrogen (secondary N) is 3. The predicted octanol–water partition coefficient (Wildman–Crippen LogP) is 1.54. The minimum atomic E-state index is -0.894. The van der Waals surface area contributed by atoms with Gasteiger partial charge in [-0.2, -0.15) is 0 Å². The van der Waals surface area contributed by atoms with Gasteiger partial charge in [0.2, 0.25) is 5.91 Å². The zero-order chi connectivity index (χ0) is 22.7. The molecule has 2 amide bonds. The molecule has 0 bridgehead atoms. The maximum atomic E-state index is 12.1. The number of amides is 2. The van der Waals surface area contributed by atoms with Gasteiger partial charge in [0, 0.05) is 46.4 Å². The first-order valence-electron chi connectivity index (χ1n) is 9.35. The minimum Gasteiger partial charge on any atom is -0.491 e. The number of benzene rings is 1. The fourth-order valence-corrected chi connectivity index (χ4v) is 2.35. The van der Waals surface area contributed by atoms with Crippen LogP contribution in [0.4, 0.5) is 0 Å². The standard InChI is InChI=1S/C19H25IN6O5/c1-2-3-7-22-17(27)13-29-10-11-30-18(25-26-21)14-31-16-6-4-5-15(12-16)19(28)23-8-9-24-20/h4-6,12,18,24H,7-11,13-14H2,1H3,(H,22,27)(H,23,28). The largest absolute Gasteiger partial charge is 0.491 e. The van der Waals surface area contributed by atoms with Crippen molar-refractivity contribution in [2.24, 2.45) is 5.11 Å². The number of rotatable bonds is 15. The predicted molar refractivity (Wildman–Crippen MR) is 122 cm³/mol. The number of halogens is 1. The summed E-state index contributed by atoms with van der Waals surface area (Å²) in [4.78, 5) is 26.3. The van der Waals surface area contributed by atoms with Gasteiger partial charge < -0.3 is 24.8 Å². The maximum absolute atomic E-state index is 12.1. The molecule has 1 atom stereocenters. The van der Waals surface area contributed by atoms with E-state index in [2.05, 4.69) is 36.0 Å². The number of carbonyl (C=O) groups excluding carboxylic acids is 2. The average molecular weight is 544 g/mol. The molecule has 1 aromatic rings. The van der Waals surface area contributed by atoms with Crippen LogP contribution < -0.4 is 18.9 Å². The van der Waals surface area contributed by atoms with E-state index in [0.29, 0.717) is 24.4 Å². The number of ether oxygens (including phenoxy) is 3. The van der Waals surface area contributed by atoms with Gasteiger partial charge >= 0.3 is 0 Å². The lowest BCUT2D eigenvalue weighted by molar-refractivity contribution is -0.126. The van der Waals surface area contributed by atoms with Crippen molar-refractivity contribution in [2.75, 3.05) is 46.1 Å². The van der Waals surface area contributed by atoms with Crippen LogP contribution in [0.25, 0.3) is 10.4 Å². The van der Waals surface area contributed by atoms with Gasteiger partial charge in [0.25, 0.3) is 5.91 Å². The molecule has 1 aromatic carbocycles. The molecular formula is C19H25IN6O5. The van der Waals surface area contributed by atoms with Gasteiger partial charge in [-0.25, -0.2) is 0 Å². The van der Waals surface area contributed by atoms with Crippen LogP contribution in [0.5, 0.6) is 5.75 Å². The molecule has 0 aliphatic rings. The fraction of sp³-hybridized carbons (Fsp3) is 0.474. The maximum Gasteiger partial charge on any atom is 0.251 e. The van der Waals surface area contributed by atoms with Gasteiger partial charge in [-0.15, -0.1) is 5.92 Å². The molecule has 0 saturated carbocycles. The Morgan fingerprint density at radius 2 is 2.13 bits per heavy atom. The second kappa shape index (κ2) is 17.2. The van der Waals surface area contributed by atoms with Crippen molar-refractivity contribution in [1.82, 2.24) is 14.2 Å². The third-order valence-electron chi connectivity index (χ3n) is 3.50. The first-order valence-corrected chi connectivity index (χ1v) is 10.4. The molecule has 0 radical (unpaired) electrons. The first-order chi connectivity index (χ1) is 15.1. The molecule has 0 heterocycles. The Morgan fingerprint density at radius 3 is 2.87 bits per heavy atom. The van der Waals surface area contributed by atoms with Crippen LogP contribution in [0.2, 0.25) is 0 Å². The number of hydrogen-bond acceptors (Lipinski definition) is 7. The molecule has 0 fully saturated rings. The summed E-state index contributed by atoms with van der Waals surface area (Å²) in [7, 11) is 0. The fourth-order valence-electron chi connectivity index (χ4n) is 2.08. The Bertz CT molecular complexity index is 806. The Hall–Kier alpha value is -2.56. The number of nitrogens with zero attached hydrogens (tertiary/aromatic N) is 3. The molecule has 3 N–H and O–H groups in total. The highest BCUT2D eigenvalue weighted by molar-refractivity contribution is 14.1. The SMILES string of the molecule is CC#CCNC(=O)COCCOC(COc1cccc(C(=O)NCCNI)c1)N=[N+]=[N-]. The summed E-state index contributed by atoms with van der Waals surface area (Å²) in [6, 6.07) is 6.63. The van der Waals surface area contributed by atoms with Crippen molar-refractivity contribution in [3.8, 4) is 17.6 Å². The minimum absolute atomic E-state index is 0.0515. The summed E-state index contributed by atoms with van der Waals surface area (Å²) >= 11 is 2.00. The molecule has 12 heteroatoms. The van der Waals surface area contributed by atoms with E-state index in [1.807, 2.05) is 22.9 Å². The summed E-state index contributed by atoms with van der Waals surface area (Å²) in [5.41, 5.74) is 9.15. The molecular weight excluding hydrogens is 519 g/mol. The van der Waals surface area contributed by atoms with Crippen molar-refractivity contribution in [1.29, 1.82) is 0 Å². The van der Waals surface area contributed by atoms with Crippen LogP contribution in [0.1, 0.15) is 17.3 Å². The third kappa shape index (κ3) is 12.7. The zero-order valence-corrected chi connectivity index (χ0v) is 19.3. The monoisotopic (exact) mass is 544 g/mol. The Kier molecular flexibility index (Phi) is 14.7. The van der Waals surface area contributed by atoms with Crippen molar-refractivity contribution in [3.05, 3.63) is 40.3 Å². The van der Waals surface area contributed by atoms with Gasteiger partial charge in [-0.05, 0) is 30.7 Å². The molecule has 0 aliphatic heterocycles. The van der Waals surface area contributed by atoms with E-state index in [9.17, 15) is 9.59 Å². The molecule has 31 heavy (non-hydrogen) atoms.